The first-order valence-electron chi connectivity index (χ1n) is 7.12. The quantitative estimate of drug-likeness (QED) is 0.751. The van der Waals surface area contributed by atoms with Crippen LogP contribution in [0.1, 0.15) is 40.0 Å². The minimum atomic E-state index is -0.0826. The molecule has 0 aromatic carbocycles. The summed E-state index contributed by atoms with van der Waals surface area (Å²) in [5, 5.41) is 8.78. The molecule has 0 atom stereocenters. The summed E-state index contributed by atoms with van der Waals surface area (Å²) in [5.74, 6) is -0.230. The Morgan fingerprint density at radius 1 is 1.05 bits per heavy atom. The van der Waals surface area contributed by atoms with Gasteiger partial charge in [0, 0.05) is 42.3 Å². The van der Waals surface area contributed by atoms with E-state index in [0.29, 0.717) is 48.1 Å². The molecule has 116 valence electrons. The first kappa shape index (κ1) is 17.3. The van der Waals surface area contributed by atoms with Gasteiger partial charge in [-0.25, -0.2) is 0 Å². The summed E-state index contributed by atoms with van der Waals surface area (Å²) >= 11 is 0. The number of carbonyl (C=O) groups is 3. The molecular formula is C16H23NO4. The molecule has 0 saturated carbocycles. The highest BCUT2D eigenvalue weighted by Gasteiger charge is 2.27. The van der Waals surface area contributed by atoms with Crippen LogP contribution in [0.3, 0.4) is 0 Å². The summed E-state index contributed by atoms with van der Waals surface area (Å²) in [6.45, 7) is 5.25. The number of likely N-dealkylation sites (N-methyl/N-ethyl adjacent to an activating group) is 1. The zero-order chi connectivity index (χ0) is 16.2. The van der Waals surface area contributed by atoms with Crippen LogP contribution >= 0.6 is 0 Å². The number of carbonyl (C=O) groups excluding carboxylic acids is 3. The number of amides is 1. The topological polar surface area (TPSA) is 74.7 Å². The average molecular weight is 293 g/mol. The number of nitrogens with zero attached hydrogens (tertiary/aromatic N) is 1. The number of aliphatic hydroxyl groups excluding tert-OH is 1. The molecular weight excluding hydrogens is 270 g/mol. The minimum absolute atomic E-state index is 0.0667. The molecule has 1 amide bonds. The largest absolute Gasteiger partial charge is 0.395 e. The van der Waals surface area contributed by atoms with Crippen molar-refractivity contribution in [3.63, 3.8) is 0 Å². The molecule has 0 heterocycles. The van der Waals surface area contributed by atoms with Crippen molar-refractivity contribution < 1.29 is 19.5 Å². The number of hydrogen-bond acceptors (Lipinski definition) is 4. The Morgan fingerprint density at radius 3 is 2.19 bits per heavy atom. The van der Waals surface area contributed by atoms with Gasteiger partial charge in [-0.3, -0.25) is 14.4 Å². The zero-order valence-corrected chi connectivity index (χ0v) is 13.2. The molecule has 0 spiro atoms. The van der Waals surface area contributed by atoms with Crippen molar-refractivity contribution in [1.29, 1.82) is 0 Å². The second kappa shape index (κ2) is 7.31. The fourth-order valence-corrected chi connectivity index (χ4v) is 2.34. The standard InChI is InChI=1S/C16H23NO4/c1-10-11(2)16(21)13(12(3)15(10)20)6-5-7-14(19)17(4)8-9-18/h18H,5-9H2,1-4H3. The van der Waals surface area contributed by atoms with E-state index in [4.69, 9.17) is 5.11 Å². The highest BCUT2D eigenvalue weighted by Crippen LogP contribution is 2.27. The van der Waals surface area contributed by atoms with Gasteiger partial charge in [-0.2, -0.15) is 0 Å². The molecule has 0 aliphatic heterocycles. The Balaban J connectivity index is 2.66. The third-order valence-electron chi connectivity index (χ3n) is 3.99. The Hall–Kier alpha value is -1.75. The molecule has 0 saturated heterocycles. The van der Waals surface area contributed by atoms with Gasteiger partial charge in [-0.05, 0) is 33.6 Å². The van der Waals surface area contributed by atoms with E-state index in [1.54, 1.807) is 27.8 Å². The molecule has 1 aliphatic carbocycles. The molecule has 5 heteroatoms. The smallest absolute Gasteiger partial charge is 0.222 e. The number of rotatable bonds is 6. The maximum atomic E-state index is 12.2. The van der Waals surface area contributed by atoms with Crippen LogP contribution in [0.25, 0.3) is 0 Å². The lowest BCUT2D eigenvalue weighted by atomic mass is 9.84. The zero-order valence-electron chi connectivity index (χ0n) is 13.2. The summed E-state index contributed by atoms with van der Waals surface area (Å²) in [7, 11) is 1.63. The molecule has 0 aromatic heterocycles. The summed E-state index contributed by atoms with van der Waals surface area (Å²) in [6, 6.07) is 0. The van der Waals surface area contributed by atoms with Crippen molar-refractivity contribution in [1.82, 2.24) is 4.90 Å². The molecule has 0 unspecified atom stereocenters. The number of hydrogen-bond donors (Lipinski definition) is 1. The third kappa shape index (κ3) is 3.88. The summed E-state index contributed by atoms with van der Waals surface area (Å²) in [5.41, 5.74) is 2.05. The van der Waals surface area contributed by atoms with E-state index in [1.807, 2.05) is 0 Å². The predicted octanol–water partition coefficient (Wildman–Crippen LogP) is 1.41. The predicted molar refractivity (Wildman–Crippen MR) is 79.7 cm³/mol. The van der Waals surface area contributed by atoms with Crippen molar-refractivity contribution in [3.8, 4) is 0 Å². The van der Waals surface area contributed by atoms with Crippen LogP contribution in [-0.4, -0.2) is 47.7 Å². The number of Topliss-reactive ketones (excluding diaryl/α,β-unsaturated/α-hetero) is 2. The van der Waals surface area contributed by atoms with Gasteiger partial charge in [-0.1, -0.05) is 0 Å². The van der Waals surface area contributed by atoms with E-state index in [2.05, 4.69) is 0 Å². The minimum Gasteiger partial charge on any atom is -0.395 e. The summed E-state index contributed by atoms with van der Waals surface area (Å²) in [4.78, 5) is 37.4. The van der Waals surface area contributed by atoms with E-state index in [9.17, 15) is 14.4 Å². The summed E-state index contributed by atoms with van der Waals surface area (Å²) in [6.07, 6.45) is 1.25. The van der Waals surface area contributed by atoms with E-state index in [1.165, 1.54) is 4.90 Å². The Labute approximate surface area is 125 Å². The lowest BCUT2D eigenvalue weighted by Gasteiger charge is -2.19. The van der Waals surface area contributed by atoms with E-state index in [-0.39, 0.29) is 24.1 Å². The molecule has 1 rings (SSSR count). The van der Waals surface area contributed by atoms with Gasteiger partial charge in [0.15, 0.2) is 11.6 Å². The van der Waals surface area contributed by atoms with Crippen LogP contribution in [0, 0.1) is 0 Å². The van der Waals surface area contributed by atoms with Gasteiger partial charge in [0.05, 0.1) is 6.61 Å². The lowest BCUT2D eigenvalue weighted by molar-refractivity contribution is -0.130. The molecule has 21 heavy (non-hydrogen) atoms. The molecule has 0 fully saturated rings. The molecule has 0 bridgehead atoms. The Kier molecular flexibility index (Phi) is 6.03. The van der Waals surface area contributed by atoms with Gasteiger partial charge in [-0.15, -0.1) is 0 Å². The molecule has 5 nitrogen and oxygen atoms in total. The average Bonchev–Trinajstić information content (AvgIpc) is 2.46. The van der Waals surface area contributed by atoms with Gasteiger partial charge in [0.2, 0.25) is 5.91 Å². The van der Waals surface area contributed by atoms with Gasteiger partial charge in [0.25, 0.3) is 0 Å². The molecule has 1 aliphatic rings. The van der Waals surface area contributed by atoms with Crippen LogP contribution in [-0.2, 0) is 14.4 Å². The van der Waals surface area contributed by atoms with Crippen molar-refractivity contribution in [2.45, 2.75) is 40.0 Å². The van der Waals surface area contributed by atoms with Crippen LogP contribution < -0.4 is 0 Å². The number of allylic oxidation sites excluding steroid dienone is 4. The van der Waals surface area contributed by atoms with Crippen LogP contribution in [0.2, 0.25) is 0 Å². The Bertz CT molecular complexity index is 528. The second-order valence-corrected chi connectivity index (χ2v) is 5.40. The first-order chi connectivity index (χ1) is 9.81. The van der Waals surface area contributed by atoms with Crippen molar-refractivity contribution in [2.75, 3.05) is 20.2 Å². The van der Waals surface area contributed by atoms with Crippen LogP contribution in [0.4, 0.5) is 0 Å². The fraction of sp³-hybridized carbons (Fsp3) is 0.562. The highest BCUT2D eigenvalue weighted by molar-refractivity contribution is 6.24. The summed E-state index contributed by atoms with van der Waals surface area (Å²) < 4.78 is 0. The lowest BCUT2D eigenvalue weighted by Crippen LogP contribution is -2.29. The second-order valence-electron chi connectivity index (χ2n) is 5.40. The van der Waals surface area contributed by atoms with E-state index < -0.39 is 0 Å². The monoisotopic (exact) mass is 293 g/mol. The maximum absolute atomic E-state index is 12.2. The first-order valence-corrected chi connectivity index (χ1v) is 7.12. The molecule has 0 radical (unpaired) electrons. The number of aliphatic hydroxyl groups is 1. The Morgan fingerprint density at radius 2 is 1.62 bits per heavy atom. The van der Waals surface area contributed by atoms with Crippen LogP contribution in [0.15, 0.2) is 22.3 Å². The third-order valence-corrected chi connectivity index (χ3v) is 3.99. The number of ketones is 2. The van der Waals surface area contributed by atoms with E-state index >= 15 is 0 Å². The van der Waals surface area contributed by atoms with Crippen molar-refractivity contribution in [3.05, 3.63) is 22.3 Å². The van der Waals surface area contributed by atoms with Crippen molar-refractivity contribution in [2.24, 2.45) is 0 Å². The van der Waals surface area contributed by atoms with Gasteiger partial charge >= 0.3 is 0 Å². The van der Waals surface area contributed by atoms with Crippen LogP contribution in [0.5, 0.6) is 0 Å². The van der Waals surface area contributed by atoms with E-state index in [0.717, 1.165) is 0 Å². The maximum Gasteiger partial charge on any atom is 0.222 e. The normalized spacial score (nSPS) is 15.9. The fourth-order valence-electron chi connectivity index (χ4n) is 2.34. The molecule has 0 aromatic rings. The SMILES string of the molecule is CC1=C(C)C(=O)C(CCCC(=O)N(C)CCO)=C(C)C1=O. The van der Waals surface area contributed by atoms with Gasteiger partial charge < -0.3 is 10.0 Å². The van der Waals surface area contributed by atoms with Crippen molar-refractivity contribution >= 4 is 17.5 Å². The van der Waals surface area contributed by atoms with Gasteiger partial charge in [0.1, 0.15) is 0 Å². The molecule has 1 N–H and O–H groups in total. The highest BCUT2D eigenvalue weighted by atomic mass is 16.3.